The third-order valence-electron chi connectivity index (χ3n) is 8.72. The van der Waals surface area contributed by atoms with Crippen molar-refractivity contribution in [2.45, 2.75) is 58.4 Å². The van der Waals surface area contributed by atoms with Crippen molar-refractivity contribution in [3.8, 4) is 0 Å². The number of methoxy groups -OCH3 is 2. The minimum absolute atomic E-state index is 0.00626. The van der Waals surface area contributed by atoms with Crippen LogP contribution in [0.1, 0.15) is 52.4 Å². The molecule has 0 bridgehead atoms. The van der Waals surface area contributed by atoms with Crippen molar-refractivity contribution < 1.29 is 23.9 Å². The Balaban J connectivity index is 1.66. The van der Waals surface area contributed by atoms with Crippen LogP contribution in [0.4, 0.5) is 4.79 Å². The van der Waals surface area contributed by atoms with E-state index in [2.05, 4.69) is 13.8 Å². The number of fused-ring (bicyclic) bond motifs is 5. The van der Waals surface area contributed by atoms with Crippen LogP contribution in [0.5, 0.6) is 0 Å². The van der Waals surface area contributed by atoms with Gasteiger partial charge in [0.2, 0.25) is 0 Å². The Morgan fingerprint density at radius 3 is 2.46 bits per heavy atom. The van der Waals surface area contributed by atoms with E-state index in [0.29, 0.717) is 17.8 Å². The first-order chi connectivity index (χ1) is 13.3. The fourth-order valence-corrected chi connectivity index (χ4v) is 7.34. The molecule has 0 aromatic heterocycles. The average molecular weight is 389 g/mol. The Bertz CT molecular complexity index is 732. The number of hydrogen-bond acceptors (Lipinski definition) is 5. The van der Waals surface area contributed by atoms with Gasteiger partial charge in [0.15, 0.2) is 0 Å². The first-order valence-corrected chi connectivity index (χ1v) is 10.5. The SMILES string of the molecule is COC(=O)C1CC[C@H]2[C@@H]3CCC4N(C(=O)OC)C(=O)C=C[C@]4(C)[C@@H]3CC[C@]12C. The highest BCUT2D eigenvalue weighted by Crippen LogP contribution is 2.65. The highest BCUT2D eigenvalue weighted by Gasteiger charge is 2.62. The molecular weight excluding hydrogens is 358 g/mol. The molecule has 0 aromatic carbocycles. The topological polar surface area (TPSA) is 72.9 Å². The Labute approximate surface area is 166 Å². The lowest BCUT2D eigenvalue weighted by atomic mass is 9.47. The largest absolute Gasteiger partial charge is 0.469 e. The van der Waals surface area contributed by atoms with E-state index in [0.717, 1.165) is 38.5 Å². The van der Waals surface area contributed by atoms with Crippen LogP contribution in [0.2, 0.25) is 0 Å². The number of rotatable bonds is 1. The zero-order valence-corrected chi connectivity index (χ0v) is 17.3. The van der Waals surface area contributed by atoms with E-state index >= 15 is 0 Å². The maximum absolute atomic E-state index is 12.4. The summed E-state index contributed by atoms with van der Waals surface area (Å²) in [5.74, 6) is 1.04. The predicted octanol–water partition coefficient (Wildman–Crippen LogP) is 3.55. The Kier molecular flexibility index (Phi) is 4.59. The van der Waals surface area contributed by atoms with Crippen molar-refractivity contribution in [1.29, 1.82) is 0 Å². The lowest BCUT2D eigenvalue weighted by molar-refractivity contribution is -0.155. The summed E-state index contributed by atoms with van der Waals surface area (Å²) in [5, 5.41) is 0. The highest BCUT2D eigenvalue weighted by atomic mass is 16.5. The molecule has 0 aromatic rings. The molecule has 28 heavy (non-hydrogen) atoms. The van der Waals surface area contributed by atoms with Crippen molar-refractivity contribution in [2.24, 2.45) is 34.5 Å². The van der Waals surface area contributed by atoms with Gasteiger partial charge in [-0.1, -0.05) is 19.9 Å². The first-order valence-electron chi connectivity index (χ1n) is 10.5. The number of amides is 2. The molecule has 1 heterocycles. The molecule has 3 fully saturated rings. The van der Waals surface area contributed by atoms with Gasteiger partial charge >= 0.3 is 12.1 Å². The van der Waals surface area contributed by atoms with Gasteiger partial charge in [-0.3, -0.25) is 9.59 Å². The normalized spacial score (nSPS) is 44.4. The summed E-state index contributed by atoms with van der Waals surface area (Å²) in [6.07, 6.45) is 8.76. The third-order valence-corrected chi connectivity index (χ3v) is 8.72. The van der Waals surface area contributed by atoms with Crippen LogP contribution in [0.25, 0.3) is 0 Å². The molecule has 0 N–H and O–H groups in total. The fourth-order valence-electron chi connectivity index (χ4n) is 7.34. The zero-order chi connectivity index (χ0) is 20.3. The van der Waals surface area contributed by atoms with Gasteiger partial charge in [-0.25, -0.2) is 9.69 Å². The second kappa shape index (κ2) is 6.60. The van der Waals surface area contributed by atoms with Crippen molar-refractivity contribution in [3.05, 3.63) is 12.2 Å². The summed E-state index contributed by atoms with van der Waals surface area (Å²) >= 11 is 0. The maximum Gasteiger partial charge on any atom is 0.416 e. The van der Waals surface area contributed by atoms with Crippen LogP contribution in [0, 0.1) is 34.5 Å². The number of carbonyl (C=O) groups excluding carboxylic acids is 3. The van der Waals surface area contributed by atoms with E-state index in [4.69, 9.17) is 9.47 Å². The van der Waals surface area contributed by atoms with Crippen LogP contribution < -0.4 is 0 Å². The number of esters is 1. The molecule has 0 saturated heterocycles. The molecule has 0 radical (unpaired) electrons. The van der Waals surface area contributed by atoms with Crippen LogP contribution in [-0.2, 0) is 19.1 Å². The molecule has 6 nitrogen and oxygen atoms in total. The molecule has 3 aliphatic carbocycles. The summed E-state index contributed by atoms with van der Waals surface area (Å²) in [6, 6.07) is -0.152. The molecular formula is C22H31NO5. The highest BCUT2D eigenvalue weighted by molar-refractivity contribution is 6.00. The molecule has 2 unspecified atom stereocenters. The second-order valence-corrected chi connectivity index (χ2v) is 9.55. The second-order valence-electron chi connectivity index (χ2n) is 9.55. The molecule has 7 atom stereocenters. The number of ether oxygens (including phenoxy) is 2. The van der Waals surface area contributed by atoms with Gasteiger partial charge in [-0.05, 0) is 61.7 Å². The monoisotopic (exact) mass is 389 g/mol. The first kappa shape index (κ1) is 19.5. The zero-order valence-electron chi connectivity index (χ0n) is 17.3. The summed E-state index contributed by atoms with van der Waals surface area (Å²) in [5.41, 5.74) is -0.247. The summed E-state index contributed by atoms with van der Waals surface area (Å²) in [6.45, 7) is 4.47. The van der Waals surface area contributed by atoms with E-state index in [9.17, 15) is 14.4 Å². The molecule has 1 aliphatic heterocycles. The van der Waals surface area contributed by atoms with E-state index in [1.54, 1.807) is 6.08 Å². The minimum atomic E-state index is -0.559. The van der Waals surface area contributed by atoms with Gasteiger partial charge in [0, 0.05) is 11.5 Å². The third kappa shape index (κ3) is 2.49. The molecule has 2 amide bonds. The van der Waals surface area contributed by atoms with Gasteiger partial charge in [0.25, 0.3) is 5.91 Å². The quantitative estimate of drug-likeness (QED) is 0.641. The van der Waals surface area contributed by atoms with Gasteiger partial charge in [0.05, 0.1) is 26.2 Å². The Morgan fingerprint density at radius 2 is 1.79 bits per heavy atom. The number of imide groups is 1. The van der Waals surface area contributed by atoms with Gasteiger partial charge < -0.3 is 9.47 Å². The molecule has 4 aliphatic rings. The van der Waals surface area contributed by atoms with Gasteiger partial charge in [-0.15, -0.1) is 0 Å². The van der Waals surface area contributed by atoms with E-state index in [1.165, 1.54) is 19.1 Å². The van der Waals surface area contributed by atoms with Crippen molar-refractivity contribution in [2.75, 3.05) is 14.2 Å². The summed E-state index contributed by atoms with van der Waals surface area (Å²) in [4.78, 5) is 38.5. The number of nitrogens with zero attached hydrogens (tertiary/aromatic N) is 1. The molecule has 0 spiro atoms. The Hall–Kier alpha value is -1.85. The van der Waals surface area contributed by atoms with Crippen LogP contribution in [0.3, 0.4) is 0 Å². The maximum atomic E-state index is 12.4. The van der Waals surface area contributed by atoms with Crippen molar-refractivity contribution >= 4 is 18.0 Å². The van der Waals surface area contributed by atoms with Gasteiger partial charge in [0.1, 0.15) is 0 Å². The van der Waals surface area contributed by atoms with Crippen LogP contribution >= 0.6 is 0 Å². The molecule has 154 valence electrons. The van der Waals surface area contributed by atoms with Crippen molar-refractivity contribution in [1.82, 2.24) is 4.90 Å². The van der Waals surface area contributed by atoms with Crippen LogP contribution in [-0.4, -0.2) is 43.1 Å². The lowest BCUT2D eigenvalue weighted by Gasteiger charge is -2.59. The summed E-state index contributed by atoms with van der Waals surface area (Å²) < 4.78 is 10.0. The standard InChI is InChI=1S/C22H31NO5/c1-21-11-9-15-13(14(21)6-7-16(21)19(25)27-3)5-8-17-22(15,2)12-10-18(24)23(17)20(26)28-4/h10,12-17H,5-9,11H2,1-4H3/t13-,14-,15+,16?,17?,21-,22+/m0/s1. The number of carbonyl (C=O) groups is 3. The summed E-state index contributed by atoms with van der Waals surface area (Å²) in [7, 11) is 2.82. The van der Waals surface area contributed by atoms with E-state index in [-0.39, 0.29) is 34.7 Å². The van der Waals surface area contributed by atoms with E-state index < -0.39 is 6.09 Å². The van der Waals surface area contributed by atoms with Crippen LogP contribution in [0.15, 0.2) is 12.2 Å². The predicted molar refractivity (Wildman–Crippen MR) is 102 cm³/mol. The lowest BCUT2D eigenvalue weighted by Crippen LogP contribution is -2.61. The molecule has 4 rings (SSSR count). The van der Waals surface area contributed by atoms with Crippen molar-refractivity contribution in [3.63, 3.8) is 0 Å². The smallest absolute Gasteiger partial charge is 0.416 e. The average Bonchev–Trinajstić information content (AvgIpc) is 3.04. The number of hydrogen-bond donors (Lipinski definition) is 0. The van der Waals surface area contributed by atoms with Gasteiger partial charge in [-0.2, -0.15) is 0 Å². The molecule has 6 heteroatoms. The molecule has 3 saturated carbocycles. The Morgan fingerprint density at radius 1 is 1.04 bits per heavy atom. The van der Waals surface area contributed by atoms with E-state index in [1.807, 2.05) is 6.08 Å². The fraction of sp³-hybridized carbons (Fsp3) is 0.773. The minimum Gasteiger partial charge on any atom is -0.469 e.